The van der Waals surface area contributed by atoms with Gasteiger partial charge >= 0.3 is 0 Å². The van der Waals surface area contributed by atoms with Crippen molar-refractivity contribution in [3.63, 3.8) is 0 Å². The molecule has 0 amide bonds. The number of nitrogen functional groups attached to an aromatic ring is 1. The first-order valence-corrected chi connectivity index (χ1v) is 4.80. The zero-order chi connectivity index (χ0) is 9.42. The maximum atomic E-state index is 6.11. The second-order valence-corrected chi connectivity index (χ2v) is 4.04. The number of rotatable bonds is 0. The summed E-state index contributed by atoms with van der Waals surface area (Å²) in [5, 5.41) is 0.807. The quantitative estimate of drug-likeness (QED) is 0.643. The van der Waals surface area contributed by atoms with E-state index < -0.39 is 0 Å². The number of hydrogen-bond acceptors (Lipinski definition) is 2. The summed E-state index contributed by atoms with van der Waals surface area (Å²) in [5.41, 5.74) is 9.04. The van der Waals surface area contributed by atoms with Gasteiger partial charge in [0.1, 0.15) is 0 Å². The van der Waals surface area contributed by atoms with E-state index >= 15 is 0 Å². The molecule has 0 spiro atoms. The van der Waals surface area contributed by atoms with Crippen molar-refractivity contribution >= 4 is 17.3 Å². The van der Waals surface area contributed by atoms with Gasteiger partial charge in [-0.05, 0) is 36.7 Å². The van der Waals surface area contributed by atoms with E-state index in [1.807, 2.05) is 12.1 Å². The third-order valence-corrected chi connectivity index (χ3v) is 2.84. The van der Waals surface area contributed by atoms with Crippen LogP contribution in [0.3, 0.4) is 0 Å². The number of hydrogen-bond donors (Lipinski definition) is 1. The Kier molecular flexibility index (Phi) is 2.18. The Balaban J connectivity index is 2.47. The smallest absolute Gasteiger partial charge is 0.0474 e. The van der Waals surface area contributed by atoms with Crippen molar-refractivity contribution < 1.29 is 0 Å². The Morgan fingerprint density at radius 3 is 3.00 bits per heavy atom. The maximum Gasteiger partial charge on any atom is 0.0474 e. The summed E-state index contributed by atoms with van der Waals surface area (Å²) >= 11 is 6.11. The van der Waals surface area contributed by atoms with Gasteiger partial charge in [-0.25, -0.2) is 0 Å². The minimum absolute atomic E-state index is 0.772. The lowest BCUT2D eigenvalue weighted by Crippen LogP contribution is -2.26. The van der Waals surface area contributed by atoms with Crippen LogP contribution >= 0.6 is 11.6 Å². The van der Waals surface area contributed by atoms with Crippen LogP contribution in [0.1, 0.15) is 11.1 Å². The average molecular weight is 197 g/mol. The van der Waals surface area contributed by atoms with Gasteiger partial charge in [0, 0.05) is 23.8 Å². The summed E-state index contributed by atoms with van der Waals surface area (Å²) in [4.78, 5) is 2.27. The Hall–Kier alpha value is -0.730. The molecule has 0 unspecified atom stereocenters. The molecular formula is C10H13ClN2. The van der Waals surface area contributed by atoms with Gasteiger partial charge in [0.05, 0.1) is 0 Å². The van der Waals surface area contributed by atoms with Crippen molar-refractivity contribution in [3.8, 4) is 0 Å². The van der Waals surface area contributed by atoms with Crippen molar-refractivity contribution in [2.45, 2.75) is 13.0 Å². The molecule has 0 bridgehead atoms. The largest absolute Gasteiger partial charge is 0.399 e. The van der Waals surface area contributed by atoms with Crippen molar-refractivity contribution in [2.24, 2.45) is 0 Å². The fourth-order valence-electron chi connectivity index (χ4n) is 1.78. The van der Waals surface area contributed by atoms with Gasteiger partial charge < -0.3 is 10.6 Å². The molecule has 2 nitrogen and oxygen atoms in total. The standard InChI is InChI=1S/C10H13ClN2/c1-13-3-2-7-4-8(12)5-10(11)9(7)6-13/h4-5H,2-3,6,12H2,1H3. The number of halogens is 1. The third kappa shape index (κ3) is 1.64. The molecule has 0 radical (unpaired) electrons. The highest BCUT2D eigenvalue weighted by molar-refractivity contribution is 6.31. The molecular weight excluding hydrogens is 184 g/mol. The van der Waals surface area contributed by atoms with Gasteiger partial charge in [-0.15, -0.1) is 0 Å². The molecule has 13 heavy (non-hydrogen) atoms. The Bertz CT molecular complexity index is 336. The van der Waals surface area contributed by atoms with E-state index in [2.05, 4.69) is 11.9 Å². The van der Waals surface area contributed by atoms with E-state index in [4.69, 9.17) is 17.3 Å². The van der Waals surface area contributed by atoms with Crippen LogP contribution in [0.2, 0.25) is 5.02 Å². The van der Waals surface area contributed by atoms with Crippen LogP contribution in [-0.4, -0.2) is 18.5 Å². The van der Waals surface area contributed by atoms with Gasteiger partial charge in [0.15, 0.2) is 0 Å². The summed E-state index contributed by atoms with van der Waals surface area (Å²) in [5.74, 6) is 0. The Morgan fingerprint density at radius 1 is 1.46 bits per heavy atom. The van der Waals surface area contributed by atoms with Crippen LogP contribution in [0.25, 0.3) is 0 Å². The molecule has 1 aromatic rings. The monoisotopic (exact) mass is 196 g/mol. The minimum Gasteiger partial charge on any atom is -0.399 e. The first kappa shape index (κ1) is 8.85. The van der Waals surface area contributed by atoms with Gasteiger partial charge in [0.25, 0.3) is 0 Å². The molecule has 0 saturated heterocycles. The van der Waals surface area contributed by atoms with E-state index in [1.165, 1.54) is 11.1 Å². The highest BCUT2D eigenvalue weighted by Crippen LogP contribution is 2.28. The molecule has 2 rings (SSSR count). The predicted octanol–water partition coefficient (Wildman–Crippen LogP) is 1.91. The van der Waals surface area contributed by atoms with Crippen LogP contribution in [-0.2, 0) is 13.0 Å². The molecule has 0 saturated carbocycles. The molecule has 1 aliphatic heterocycles. The van der Waals surface area contributed by atoms with Crippen LogP contribution < -0.4 is 5.73 Å². The SMILES string of the molecule is CN1CCc2cc(N)cc(Cl)c2C1. The van der Waals surface area contributed by atoms with E-state index in [0.29, 0.717) is 0 Å². The number of anilines is 1. The topological polar surface area (TPSA) is 29.3 Å². The summed E-state index contributed by atoms with van der Waals surface area (Å²) in [6.45, 7) is 2.03. The molecule has 1 heterocycles. The summed E-state index contributed by atoms with van der Waals surface area (Å²) in [6.07, 6.45) is 1.05. The predicted molar refractivity (Wildman–Crippen MR) is 55.9 cm³/mol. The normalized spacial score (nSPS) is 17.1. The van der Waals surface area contributed by atoms with Crippen molar-refractivity contribution in [1.29, 1.82) is 0 Å². The Morgan fingerprint density at radius 2 is 2.23 bits per heavy atom. The van der Waals surface area contributed by atoms with Crippen LogP contribution in [0, 0.1) is 0 Å². The molecule has 3 heteroatoms. The molecule has 1 aliphatic rings. The fraction of sp³-hybridized carbons (Fsp3) is 0.400. The number of fused-ring (bicyclic) bond motifs is 1. The van der Waals surface area contributed by atoms with Crippen molar-refractivity contribution in [2.75, 3.05) is 19.3 Å². The van der Waals surface area contributed by atoms with Gasteiger partial charge in [-0.2, -0.15) is 0 Å². The fourth-order valence-corrected chi connectivity index (χ4v) is 2.08. The van der Waals surface area contributed by atoms with E-state index in [0.717, 1.165) is 30.2 Å². The first-order valence-electron chi connectivity index (χ1n) is 4.42. The van der Waals surface area contributed by atoms with Crippen molar-refractivity contribution in [3.05, 3.63) is 28.3 Å². The number of benzene rings is 1. The second-order valence-electron chi connectivity index (χ2n) is 3.63. The third-order valence-electron chi connectivity index (χ3n) is 2.50. The van der Waals surface area contributed by atoms with E-state index in [1.54, 1.807) is 0 Å². The molecule has 2 N–H and O–H groups in total. The zero-order valence-corrected chi connectivity index (χ0v) is 8.43. The molecule has 70 valence electrons. The van der Waals surface area contributed by atoms with Gasteiger partial charge in [-0.3, -0.25) is 0 Å². The lowest BCUT2D eigenvalue weighted by Gasteiger charge is -2.25. The summed E-state index contributed by atoms with van der Waals surface area (Å²) < 4.78 is 0. The first-order chi connectivity index (χ1) is 6.16. The molecule has 0 aromatic heterocycles. The number of likely N-dealkylation sites (N-methyl/N-ethyl adjacent to an activating group) is 1. The minimum atomic E-state index is 0.772. The molecule has 1 aromatic carbocycles. The van der Waals surface area contributed by atoms with Gasteiger partial charge in [0.2, 0.25) is 0 Å². The van der Waals surface area contributed by atoms with E-state index in [-0.39, 0.29) is 0 Å². The van der Waals surface area contributed by atoms with Crippen molar-refractivity contribution in [1.82, 2.24) is 4.90 Å². The average Bonchev–Trinajstić information content (AvgIpc) is 2.06. The van der Waals surface area contributed by atoms with Crippen LogP contribution in [0.5, 0.6) is 0 Å². The summed E-state index contributed by atoms with van der Waals surface area (Å²) in [6, 6.07) is 3.87. The van der Waals surface area contributed by atoms with Crippen LogP contribution in [0.15, 0.2) is 12.1 Å². The number of nitrogens with two attached hydrogens (primary N) is 1. The van der Waals surface area contributed by atoms with Gasteiger partial charge in [-0.1, -0.05) is 11.6 Å². The molecule has 0 fully saturated rings. The highest BCUT2D eigenvalue weighted by Gasteiger charge is 2.15. The number of nitrogens with zero attached hydrogens (tertiary/aromatic N) is 1. The maximum absolute atomic E-state index is 6.11. The van der Waals surface area contributed by atoms with Crippen LogP contribution in [0.4, 0.5) is 5.69 Å². The lowest BCUT2D eigenvalue weighted by molar-refractivity contribution is 0.313. The highest BCUT2D eigenvalue weighted by atomic mass is 35.5. The zero-order valence-electron chi connectivity index (χ0n) is 7.68. The lowest BCUT2D eigenvalue weighted by atomic mass is 9.99. The Labute approximate surface area is 83.3 Å². The molecule has 0 atom stereocenters. The second kappa shape index (κ2) is 3.20. The molecule has 0 aliphatic carbocycles. The summed E-state index contributed by atoms with van der Waals surface area (Å²) in [7, 11) is 2.11. The van der Waals surface area contributed by atoms with E-state index in [9.17, 15) is 0 Å².